The van der Waals surface area contributed by atoms with Crippen molar-refractivity contribution in [3.05, 3.63) is 28.3 Å². The zero-order valence-corrected chi connectivity index (χ0v) is 10.1. The van der Waals surface area contributed by atoms with Crippen molar-refractivity contribution in [3.63, 3.8) is 0 Å². The van der Waals surface area contributed by atoms with Crippen LogP contribution in [-0.4, -0.2) is 17.6 Å². The summed E-state index contributed by atoms with van der Waals surface area (Å²) in [5, 5.41) is 12.6. The van der Waals surface area contributed by atoms with Gasteiger partial charge in [0, 0.05) is 5.41 Å². The molecule has 1 aromatic rings. The first-order chi connectivity index (χ1) is 7.44. The molecule has 0 fully saturated rings. The van der Waals surface area contributed by atoms with Gasteiger partial charge in [-0.1, -0.05) is 31.5 Å². The first-order valence-corrected chi connectivity index (χ1v) is 5.55. The third kappa shape index (κ3) is 1.81. The minimum Gasteiger partial charge on any atom is -0.395 e. The molecular weight excluding hydrogens is 226 g/mol. The summed E-state index contributed by atoms with van der Waals surface area (Å²) < 4.78 is 0. The van der Waals surface area contributed by atoms with Crippen molar-refractivity contribution in [2.75, 3.05) is 11.9 Å². The minimum absolute atomic E-state index is 0.0316. The quantitative estimate of drug-likeness (QED) is 0.831. The summed E-state index contributed by atoms with van der Waals surface area (Å²) in [7, 11) is 0. The number of halogens is 1. The van der Waals surface area contributed by atoms with E-state index in [1.54, 1.807) is 0 Å². The van der Waals surface area contributed by atoms with Crippen LogP contribution in [0, 0.1) is 0 Å². The molecule has 1 heterocycles. The van der Waals surface area contributed by atoms with E-state index in [9.17, 15) is 9.90 Å². The highest BCUT2D eigenvalue weighted by atomic mass is 35.5. The van der Waals surface area contributed by atoms with Gasteiger partial charge in [0.25, 0.3) is 0 Å². The third-order valence-electron chi connectivity index (χ3n) is 2.96. The highest BCUT2D eigenvalue weighted by Crippen LogP contribution is 2.36. The van der Waals surface area contributed by atoms with E-state index in [-0.39, 0.29) is 17.9 Å². The van der Waals surface area contributed by atoms with Crippen LogP contribution in [0.4, 0.5) is 5.69 Å². The maximum absolute atomic E-state index is 11.3. The van der Waals surface area contributed by atoms with Gasteiger partial charge >= 0.3 is 0 Å². The number of rotatable bonds is 2. The van der Waals surface area contributed by atoms with Crippen LogP contribution in [0.2, 0.25) is 5.02 Å². The van der Waals surface area contributed by atoms with E-state index in [0.717, 1.165) is 11.1 Å². The summed E-state index contributed by atoms with van der Waals surface area (Å²) in [5.41, 5.74) is 2.23. The molecule has 2 N–H and O–H groups in total. The number of hydrogen-bond acceptors (Lipinski definition) is 2. The summed E-state index contributed by atoms with van der Waals surface area (Å²) in [6.45, 7) is 3.92. The summed E-state index contributed by atoms with van der Waals surface area (Å²) >= 11 is 6.11. The van der Waals surface area contributed by atoms with E-state index in [4.69, 9.17) is 11.6 Å². The number of aliphatic hydroxyl groups is 1. The highest BCUT2D eigenvalue weighted by molar-refractivity contribution is 6.34. The van der Waals surface area contributed by atoms with Crippen molar-refractivity contribution in [3.8, 4) is 0 Å². The Hall–Kier alpha value is -1.06. The van der Waals surface area contributed by atoms with Crippen LogP contribution in [0.5, 0.6) is 0 Å². The molecule has 0 spiro atoms. The molecule has 0 aromatic heterocycles. The molecule has 0 saturated heterocycles. The minimum atomic E-state index is -0.343. The summed E-state index contributed by atoms with van der Waals surface area (Å²) in [6, 6.07) is 3.75. The number of benzene rings is 1. The van der Waals surface area contributed by atoms with Crippen molar-refractivity contribution in [1.29, 1.82) is 0 Å². The van der Waals surface area contributed by atoms with Crippen LogP contribution in [-0.2, 0) is 16.6 Å². The second-order valence-corrected chi connectivity index (χ2v) is 5.17. The number of hydrogen-bond donors (Lipinski definition) is 2. The van der Waals surface area contributed by atoms with Gasteiger partial charge in [0.15, 0.2) is 0 Å². The molecule has 16 heavy (non-hydrogen) atoms. The van der Waals surface area contributed by atoms with E-state index in [1.807, 2.05) is 26.0 Å². The van der Waals surface area contributed by atoms with Crippen molar-refractivity contribution in [2.45, 2.75) is 25.7 Å². The highest BCUT2D eigenvalue weighted by Gasteiger charge is 2.26. The lowest BCUT2D eigenvalue weighted by Gasteiger charge is -2.23. The van der Waals surface area contributed by atoms with Crippen molar-refractivity contribution < 1.29 is 9.90 Å². The summed E-state index contributed by atoms with van der Waals surface area (Å²) in [6.07, 6.45) is 0.365. The van der Waals surface area contributed by atoms with Gasteiger partial charge in [-0.25, -0.2) is 0 Å². The molecule has 3 nitrogen and oxygen atoms in total. The predicted octanol–water partition coefficient (Wildman–Crippen LogP) is 2.10. The van der Waals surface area contributed by atoms with E-state index in [0.29, 0.717) is 17.1 Å². The fourth-order valence-corrected chi connectivity index (χ4v) is 2.07. The summed E-state index contributed by atoms with van der Waals surface area (Å²) in [4.78, 5) is 11.3. The fourth-order valence-electron chi connectivity index (χ4n) is 1.78. The molecule has 0 unspecified atom stereocenters. The number of anilines is 1. The predicted molar refractivity (Wildman–Crippen MR) is 63.9 cm³/mol. The van der Waals surface area contributed by atoms with Crippen LogP contribution in [0.3, 0.4) is 0 Å². The first-order valence-electron chi connectivity index (χ1n) is 5.17. The Bertz CT molecular complexity index is 455. The number of nitrogens with one attached hydrogen (secondary N) is 1. The topological polar surface area (TPSA) is 49.3 Å². The normalized spacial score (nSPS) is 14.9. The van der Waals surface area contributed by atoms with Crippen LogP contribution in [0.1, 0.15) is 25.0 Å². The molecule has 86 valence electrons. The monoisotopic (exact) mass is 239 g/mol. The largest absolute Gasteiger partial charge is 0.395 e. The van der Waals surface area contributed by atoms with Gasteiger partial charge < -0.3 is 10.4 Å². The zero-order chi connectivity index (χ0) is 11.9. The molecule has 1 aliphatic rings. The molecule has 0 bridgehead atoms. The second-order valence-electron chi connectivity index (χ2n) is 4.76. The number of fused-ring (bicyclic) bond motifs is 1. The Morgan fingerprint density at radius 2 is 2.19 bits per heavy atom. The van der Waals surface area contributed by atoms with Gasteiger partial charge in [0.1, 0.15) is 0 Å². The fraction of sp³-hybridized carbons (Fsp3) is 0.417. The first kappa shape index (κ1) is 11.4. The maximum Gasteiger partial charge on any atom is 0.228 e. The molecule has 0 radical (unpaired) electrons. The Balaban J connectivity index is 2.50. The number of amides is 1. The number of carbonyl (C=O) groups excluding carboxylic acids is 1. The average Bonchev–Trinajstić information content (AvgIpc) is 2.59. The Labute approximate surface area is 99.4 Å². The molecule has 0 saturated carbocycles. The van der Waals surface area contributed by atoms with Gasteiger partial charge in [-0.05, 0) is 17.2 Å². The lowest BCUT2D eigenvalue weighted by molar-refractivity contribution is -0.115. The molecule has 0 aliphatic carbocycles. The molecular formula is C12H14ClNO2. The van der Waals surface area contributed by atoms with Gasteiger partial charge in [0.2, 0.25) is 5.91 Å². The van der Waals surface area contributed by atoms with Gasteiger partial charge in [-0.2, -0.15) is 0 Å². The SMILES string of the molecule is CC(C)(CO)c1cc(Cl)c2c(c1)CC(=O)N2. The van der Waals surface area contributed by atoms with Crippen LogP contribution in [0.25, 0.3) is 0 Å². The van der Waals surface area contributed by atoms with Crippen molar-refractivity contribution >= 4 is 23.2 Å². The lowest BCUT2D eigenvalue weighted by atomic mass is 9.84. The lowest BCUT2D eigenvalue weighted by Crippen LogP contribution is -2.22. The zero-order valence-electron chi connectivity index (χ0n) is 9.30. The smallest absolute Gasteiger partial charge is 0.228 e. The number of aliphatic hydroxyl groups excluding tert-OH is 1. The summed E-state index contributed by atoms with van der Waals surface area (Å²) in [5.74, 6) is -0.0316. The second kappa shape index (κ2) is 3.75. The average molecular weight is 240 g/mol. The van der Waals surface area contributed by atoms with E-state index < -0.39 is 0 Å². The van der Waals surface area contributed by atoms with Crippen LogP contribution in [0.15, 0.2) is 12.1 Å². The van der Waals surface area contributed by atoms with Crippen molar-refractivity contribution in [1.82, 2.24) is 0 Å². The molecule has 4 heteroatoms. The Morgan fingerprint density at radius 3 is 2.81 bits per heavy atom. The molecule has 1 aliphatic heterocycles. The van der Waals surface area contributed by atoms with Crippen LogP contribution >= 0.6 is 11.6 Å². The molecule has 2 rings (SSSR count). The molecule has 1 aromatic carbocycles. The van der Waals surface area contributed by atoms with Gasteiger partial charge in [-0.15, -0.1) is 0 Å². The van der Waals surface area contributed by atoms with E-state index in [1.165, 1.54) is 0 Å². The standard InChI is InChI=1S/C12H14ClNO2/c1-12(2,6-15)8-3-7-4-10(16)14-11(7)9(13)5-8/h3,5,15H,4,6H2,1-2H3,(H,14,16). The molecule has 0 atom stereocenters. The van der Waals surface area contributed by atoms with Gasteiger partial charge in [-0.3, -0.25) is 4.79 Å². The Morgan fingerprint density at radius 1 is 1.50 bits per heavy atom. The maximum atomic E-state index is 11.3. The van der Waals surface area contributed by atoms with Crippen LogP contribution < -0.4 is 5.32 Å². The molecule has 1 amide bonds. The van der Waals surface area contributed by atoms with E-state index >= 15 is 0 Å². The Kier molecular flexibility index (Phi) is 2.68. The van der Waals surface area contributed by atoms with E-state index in [2.05, 4.69) is 5.32 Å². The van der Waals surface area contributed by atoms with Crippen molar-refractivity contribution in [2.24, 2.45) is 0 Å². The third-order valence-corrected chi connectivity index (χ3v) is 3.26. The van der Waals surface area contributed by atoms with Gasteiger partial charge in [0.05, 0.1) is 23.7 Å². The number of carbonyl (C=O) groups is 1.